The molecule has 1 aliphatic heterocycles. The fourth-order valence-electron chi connectivity index (χ4n) is 2.98. The first-order valence-corrected chi connectivity index (χ1v) is 5.90. The summed E-state index contributed by atoms with van der Waals surface area (Å²) in [6, 6.07) is 4.80. The summed E-state index contributed by atoms with van der Waals surface area (Å²) in [5.74, 6) is -0.195. The summed E-state index contributed by atoms with van der Waals surface area (Å²) in [6.07, 6.45) is 2.90. The van der Waals surface area contributed by atoms with Gasteiger partial charge in [0, 0.05) is 18.5 Å². The molecule has 1 atom stereocenters. The SMILES string of the molecule is OC1CNCC2(CCC2)c2cc(F)ccc21. The van der Waals surface area contributed by atoms with Crippen LogP contribution in [0.25, 0.3) is 0 Å². The highest BCUT2D eigenvalue weighted by Gasteiger charge is 2.42. The number of aliphatic hydroxyl groups excluding tert-OH is 1. The number of hydrogen-bond acceptors (Lipinski definition) is 2. The number of benzene rings is 1. The first-order chi connectivity index (χ1) is 7.71. The Kier molecular flexibility index (Phi) is 2.26. The maximum atomic E-state index is 13.4. The minimum atomic E-state index is -0.504. The topological polar surface area (TPSA) is 32.3 Å². The van der Waals surface area contributed by atoms with Gasteiger partial charge in [0.2, 0.25) is 0 Å². The Bertz CT molecular complexity index is 414. The number of halogens is 1. The van der Waals surface area contributed by atoms with E-state index in [1.54, 1.807) is 12.1 Å². The molecular formula is C13H16FNO. The van der Waals surface area contributed by atoms with E-state index < -0.39 is 6.10 Å². The molecule has 2 N–H and O–H groups in total. The van der Waals surface area contributed by atoms with Crippen molar-refractivity contribution in [3.8, 4) is 0 Å². The van der Waals surface area contributed by atoms with Crippen molar-refractivity contribution in [2.24, 2.45) is 0 Å². The Labute approximate surface area is 94.5 Å². The van der Waals surface area contributed by atoms with Crippen LogP contribution in [-0.4, -0.2) is 18.2 Å². The molecule has 2 nitrogen and oxygen atoms in total. The first kappa shape index (κ1) is 10.2. The lowest BCUT2D eigenvalue weighted by Crippen LogP contribution is -2.42. The third-order valence-corrected chi connectivity index (χ3v) is 4.06. The number of aliphatic hydroxyl groups is 1. The molecule has 0 aromatic heterocycles. The van der Waals surface area contributed by atoms with Crippen LogP contribution in [0.4, 0.5) is 4.39 Å². The van der Waals surface area contributed by atoms with Crippen LogP contribution < -0.4 is 5.32 Å². The lowest BCUT2D eigenvalue weighted by molar-refractivity contribution is 0.176. The van der Waals surface area contributed by atoms with Crippen LogP contribution in [0.3, 0.4) is 0 Å². The molecule has 1 spiro atoms. The second-order valence-electron chi connectivity index (χ2n) is 5.01. The van der Waals surface area contributed by atoms with Gasteiger partial charge in [-0.1, -0.05) is 12.5 Å². The highest BCUT2D eigenvalue weighted by atomic mass is 19.1. The van der Waals surface area contributed by atoms with Crippen molar-refractivity contribution in [1.29, 1.82) is 0 Å². The highest BCUT2D eigenvalue weighted by Crippen LogP contribution is 2.46. The fourth-order valence-corrected chi connectivity index (χ4v) is 2.98. The molecule has 1 saturated carbocycles. The standard InChI is InChI=1S/C13H16FNO/c14-9-2-3-10-11(6-9)13(4-1-5-13)8-15-7-12(10)16/h2-3,6,12,15-16H,1,4-5,7-8H2. The molecule has 1 aliphatic carbocycles. The van der Waals surface area contributed by atoms with Gasteiger partial charge in [-0.2, -0.15) is 0 Å². The molecule has 0 bridgehead atoms. The van der Waals surface area contributed by atoms with E-state index in [2.05, 4.69) is 5.32 Å². The van der Waals surface area contributed by atoms with Crippen LogP contribution in [0.2, 0.25) is 0 Å². The Morgan fingerprint density at radius 1 is 1.38 bits per heavy atom. The number of rotatable bonds is 0. The zero-order valence-corrected chi connectivity index (χ0v) is 9.17. The average Bonchev–Trinajstić information content (AvgIpc) is 2.34. The van der Waals surface area contributed by atoms with Crippen LogP contribution in [0, 0.1) is 5.82 Å². The maximum absolute atomic E-state index is 13.4. The summed E-state index contributed by atoms with van der Waals surface area (Å²) in [7, 11) is 0. The van der Waals surface area contributed by atoms with Crippen molar-refractivity contribution in [2.45, 2.75) is 30.8 Å². The molecule has 1 aromatic rings. The predicted molar refractivity (Wildman–Crippen MR) is 59.8 cm³/mol. The molecule has 0 amide bonds. The minimum Gasteiger partial charge on any atom is -0.387 e. The Balaban J connectivity index is 2.14. The molecule has 86 valence electrons. The van der Waals surface area contributed by atoms with Crippen LogP contribution >= 0.6 is 0 Å². The van der Waals surface area contributed by atoms with Gasteiger partial charge in [0.1, 0.15) is 5.82 Å². The molecular weight excluding hydrogens is 205 g/mol. The molecule has 1 fully saturated rings. The van der Waals surface area contributed by atoms with Gasteiger partial charge in [-0.05, 0) is 36.1 Å². The van der Waals surface area contributed by atoms with E-state index in [0.717, 1.165) is 30.5 Å². The normalized spacial score (nSPS) is 27.0. The van der Waals surface area contributed by atoms with E-state index >= 15 is 0 Å². The van der Waals surface area contributed by atoms with E-state index in [9.17, 15) is 9.50 Å². The third-order valence-electron chi connectivity index (χ3n) is 4.06. The Morgan fingerprint density at radius 3 is 2.88 bits per heavy atom. The van der Waals surface area contributed by atoms with Gasteiger partial charge in [-0.3, -0.25) is 0 Å². The van der Waals surface area contributed by atoms with E-state index in [1.165, 1.54) is 12.5 Å². The van der Waals surface area contributed by atoms with E-state index in [4.69, 9.17) is 0 Å². The number of fused-ring (bicyclic) bond motifs is 2. The van der Waals surface area contributed by atoms with Crippen LogP contribution in [-0.2, 0) is 5.41 Å². The summed E-state index contributed by atoms with van der Waals surface area (Å²) >= 11 is 0. The fraction of sp³-hybridized carbons (Fsp3) is 0.538. The van der Waals surface area contributed by atoms with E-state index in [0.29, 0.717) is 6.54 Å². The second-order valence-corrected chi connectivity index (χ2v) is 5.01. The molecule has 1 unspecified atom stereocenters. The van der Waals surface area contributed by atoms with Crippen molar-refractivity contribution in [3.63, 3.8) is 0 Å². The van der Waals surface area contributed by atoms with Crippen LogP contribution in [0.15, 0.2) is 18.2 Å². The van der Waals surface area contributed by atoms with Gasteiger partial charge in [-0.25, -0.2) is 4.39 Å². The largest absolute Gasteiger partial charge is 0.387 e. The number of hydrogen-bond donors (Lipinski definition) is 2. The Hall–Kier alpha value is -0.930. The molecule has 0 radical (unpaired) electrons. The number of β-amino-alcohol motifs (C(OH)–C–C–N with tert-alkyl or cyclic N) is 1. The van der Waals surface area contributed by atoms with Gasteiger partial charge in [0.05, 0.1) is 6.10 Å². The van der Waals surface area contributed by atoms with Gasteiger partial charge in [0.25, 0.3) is 0 Å². The number of nitrogens with one attached hydrogen (secondary N) is 1. The van der Waals surface area contributed by atoms with Crippen molar-refractivity contribution in [3.05, 3.63) is 35.1 Å². The summed E-state index contributed by atoms with van der Waals surface area (Å²) in [5, 5.41) is 13.3. The predicted octanol–water partition coefficient (Wildman–Crippen LogP) is 1.88. The molecule has 3 heteroatoms. The van der Waals surface area contributed by atoms with Crippen LogP contribution in [0.5, 0.6) is 0 Å². The maximum Gasteiger partial charge on any atom is 0.123 e. The summed E-state index contributed by atoms with van der Waals surface area (Å²) < 4.78 is 13.4. The lowest BCUT2D eigenvalue weighted by Gasteiger charge is -2.42. The zero-order chi connectivity index (χ0) is 11.2. The molecule has 1 aromatic carbocycles. The lowest BCUT2D eigenvalue weighted by atomic mass is 9.63. The Morgan fingerprint density at radius 2 is 2.19 bits per heavy atom. The molecule has 0 saturated heterocycles. The summed E-state index contributed by atoms with van der Waals surface area (Å²) in [5.41, 5.74) is 2.01. The molecule has 2 aliphatic rings. The summed E-state index contributed by atoms with van der Waals surface area (Å²) in [4.78, 5) is 0. The van der Waals surface area contributed by atoms with Crippen molar-refractivity contribution < 1.29 is 9.50 Å². The summed E-state index contributed by atoms with van der Waals surface area (Å²) in [6.45, 7) is 1.43. The second kappa shape index (κ2) is 3.54. The third kappa shape index (κ3) is 1.39. The minimum absolute atomic E-state index is 0.0783. The molecule has 1 heterocycles. The van der Waals surface area contributed by atoms with Gasteiger partial charge >= 0.3 is 0 Å². The average molecular weight is 221 g/mol. The van der Waals surface area contributed by atoms with E-state index in [1.807, 2.05) is 0 Å². The highest BCUT2D eigenvalue weighted by molar-refractivity contribution is 5.39. The molecule has 3 rings (SSSR count). The van der Waals surface area contributed by atoms with Gasteiger partial charge < -0.3 is 10.4 Å². The van der Waals surface area contributed by atoms with Crippen molar-refractivity contribution >= 4 is 0 Å². The van der Waals surface area contributed by atoms with Crippen LogP contribution in [0.1, 0.15) is 36.5 Å². The van der Waals surface area contributed by atoms with Gasteiger partial charge in [-0.15, -0.1) is 0 Å². The quantitative estimate of drug-likeness (QED) is 0.701. The van der Waals surface area contributed by atoms with E-state index in [-0.39, 0.29) is 11.2 Å². The molecule has 16 heavy (non-hydrogen) atoms. The monoisotopic (exact) mass is 221 g/mol. The zero-order valence-electron chi connectivity index (χ0n) is 9.17. The van der Waals surface area contributed by atoms with Gasteiger partial charge in [0.15, 0.2) is 0 Å². The van der Waals surface area contributed by atoms with Crippen molar-refractivity contribution in [2.75, 3.05) is 13.1 Å². The van der Waals surface area contributed by atoms with Crippen molar-refractivity contribution in [1.82, 2.24) is 5.32 Å². The first-order valence-electron chi connectivity index (χ1n) is 5.90. The smallest absolute Gasteiger partial charge is 0.123 e.